The highest BCUT2D eigenvalue weighted by molar-refractivity contribution is 4.86. The Morgan fingerprint density at radius 3 is 2.62 bits per heavy atom. The maximum atomic E-state index is 10.2. The molecule has 0 spiro atoms. The standard InChI is InChI=1S/C10H19NO2/c12-10(4-3-7-13-9-10)8-11-5-1-2-6-11/h12H,1-9H2. The number of nitrogens with zero attached hydrogens (tertiary/aromatic N) is 1. The molecule has 2 fully saturated rings. The van der Waals surface area contributed by atoms with Gasteiger partial charge < -0.3 is 14.7 Å². The third-order valence-corrected chi connectivity index (χ3v) is 3.02. The summed E-state index contributed by atoms with van der Waals surface area (Å²) >= 11 is 0. The number of β-amino-alcohol motifs (C(OH)–C–C–N with tert-alkyl or cyclic N) is 1. The van der Waals surface area contributed by atoms with Gasteiger partial charge in [0.2, 0.25) is 0 Å². The van der Waals surface area contributed by atoms with Crippen LogP contribution in [0.3, 0.4) is 0 Å². The van der Waals surface area contributed by atoms with Crippen LogP contribution in [0.25, 0.3) is 0 Å². The van der Waals surface area contributed by atoms with E-state index in [2.05, 4.69) is 4.90 Å². The highest BCUT2D eigenvalue weighted by atomic mass is 16.5. The Kier molecular flexibility index (Phi) is 2.86. The molecule has 0 amide bonds. The number of likely N-dealkylation sites (tertiary alicyclic amines) is 1. The van der Waals surface area contributed by atoms with E-state index < -0.39 is 5.60 Å². The summed E-state index contributed by atoms with van der Waals surface area (Å²) in [5, 5.41) is 10.2. The molecule has 0 radical (unpaired) electrons. The van der Waals surface area contributed by atoms with Crippen LogP contribution in [0.4, 0.5) is 0 Å². The van der Waals surface area contributed by atoms with Crippen LogP contribution in [0.1, 0.15) is 25.7 Å². The van der Waals surface area contributed by atoms with Crippen LogP contribution < -0.4 is 0 Å². The van der Waals surface area contributed by atoms with Crippen molar-refractivity contribution in [3.63, 3.8) is 0 Å². The molecule has 0 aromatic heterocycles. The van der Waals surface area contributed by atoms with Crippen molar-refractivity contribution in [3.05, 3.63) is 0 Å². The van der Waals surface area contributed by atoms with Crippen molar-refractivity contribution in [2.24, 2.45) is 0 Å². The lowest BCUT2D eigenvalue weighted by molar-refractivity contribution is -0.0977. The fourth-order valence-corrected chi connectivity index (χ4v) is 2.32. The molecular weight excluding hydrogens is 166 g/mol. The van der Waals surface area contributed by atoms with Crippen LogP contribution in [-0.4, -0.2) is 48.5 Å². The maximum absolute atomic E-state index is 10.2. The van der Waals surface area contributed by atoms with Gasteiger partial charge in [-0.15, -0.1) is 0 Å². The lowest BCUT2D eigenvalue weighted by Crippen LogP contribution is -2.47. The predicted octanol–water partition coefficient (Wildman–Crippen LogP) is 0.624. The average Bonchev–Trinajstić information content (AvgIpc) is 2.57. The fourth-order valence-electron chi connectivity index (χ4n) is 2.32. The summed E-state index contributed by atoms with van der Waals surface area (Å²) in [7, 11) is 0. The van der Waals surface area contributed by atoms with Crippen LogP contribution in [0.2, 0.25) is 0 Å². The zero-order chi connectivity index (χ0) is 9.15. The molecule has 13 heavy (non-hydrogen) atoms. The molecule has 0 aromatic carbocycles. The van der Waals surface area contributed by atoms with Crippen molar-refractivity contribution in [3.8, 4) is 0 Å². The molecule has 0 aliphatic carbocycles. The van der Waals surface area contributed by atoms with Crippen molar-refractivity contribution >= 4 is 0 Å². The molecule has 1 unspecified atom stereocenters. The van der Waals surface area contributed by atoms with Gasteiger partial charge in [0.15, 0.2) is 0 Å². The molecule has 1 N–H and O–H groups in total. The Balaban J connectivity index is 1.83. The van der Waals surface area contributed by atoms with Gasteiger partial charge >= 0.3 is 0 Å². The lowest BCUT2D eigenvalue weighted by atomic mass is 9.96. The van der Waals surface area contributed by atoms with E-state index in [9.17, 15) is 5.11 Å². The van der Waals surface area contributed by atoms with Crippen LogP contribution in [0.5, 0.6) is 0 Å². The van der Waals surface area contributed by atoms with E-state index in [0.29, 0.717) is 6.61 Å². The van der Waals surface area contributed by atoms with Crippen LogP contribution in [0, 0.1) is 0 Å². The summed E-state index contributed by atoms with van der Waals surface area (Å²) in [6.45, 7) is 4.48. The molecule has 0 saturated carbocycles. The van der Waals surface area contributed by atoms with Gasteiger partial charge in [-0.2, -0.15) is 0 Å². The lowest BCUT2D eigenvalue weighted by Gasteiger charge is -2.35. The van der Waals surface area contributed by atoms with E-state index in [1.165, 1.54) is 12.8 Å². The molecule has 2 rings (SSSR count). The monoisotopic (exact) mass is 185 g/mol. The SMILES string of the molecule is OC1(CN2CCCC2)CCCOC1. The van der Waals surface area contributed by atoms with E-state index in [-0.39, 0.29) is 0 Å². The van der Waals surface area contributed by atoms with Gasteiger partial charge in [-0.25, -0.2) is 0 Å². The van der Waals surface area contributed by atoms with Crippen molar-refractivity contribution in [1.82, 2.24) is 4.90 Å². The van der Waals surface area contributed by atoms with E-state index in [1.54, 1.807) is 0 Å². The summed E-state index contributed by atoms with van der Waals surface area (Å²) < 4.78 is 5.32. The van der Waals surface area contributed by atoms with E-state index >= 15 is 0 Å². The van der Waals surface area contributed by atoms with Gasteiger partial charge in [-0.05, 0) is 38.8 Å². The van der Waals surface area contributed by atoms with Gasteiger partial charge in [0.25, 0.3) is 0 Å². The molecule has 1 atom stereocenters. The van der Waals surface area contributed by atoms with Gasteiger partial charge in [0.1, 0.15) is 5.60 Å². The van der Waals surface area contributed by atoms with Gasteiger partial charge in [0, 0.05) is 13.2 Å². The van der Waals surface area contributed by atoms with Crippen LogP contribution >= 0.6 is 0 Å². The van der Waals surface area contributed by atoms with E-state index in [1.807, 2.05) is 0 Å². The minimum Gasteiger partial charge on any atom is -0.386 e. The largest absolute Gasteiger partial charge is 0.386 e. The van der Waals surface area contributed by atoms with Crippen LogP contribution in [0.15, 0.2) is 0 Å². The summed E-state index contributed by atoms with van der Waals surface area (Å²) in [5.41, 5.74) is -0.553. The van der Waals surface area contributed by atoms with E-state index in [4.69, 9.17) is 4.74 Å². The molecule has 3 nitrogen and oxygen atoms in total. The number of hydrogen-bond donors (Lipinski definition) is 1. The number of rotatable bonds is 2. The average molecular weight is 185 g/mol. The zero-order valence-corrected chi connectivity index (χ0v) is 8.17. The normalized spacial score (nSPS) is 36.7. The molecule has 2 aliphatic rings. The molecule has 0 bridgehead atoms. The topological polar surface area (TPSA) is 32.7 Å². The highest BCUT2D eigenvalue weighted by Crippen LogP contribution is 2.22. The van der Waals surface area contributed by atoms with E-state index in [0.717, 1.165) is 39.1 Å². The fraction of sp³-hybridized carbons (Fsp3) is 1.00. The second-order valence-corrected chi connectivity index (χ2v) is 4.36. The van der Waals surface area contributed by atoms with Gasteiger partial charge in [-0.3, -0.25) is 0 Å². The van der Waals surface area contributed by atoms with Crippen molar-refractivity contribution < 1.29 is 9.84 Å². The third-order valence-electron chi connectivity index (χ3n) is 3.02. The second-order valence-electron chi connectivity index (χ2n) is 4.36. The Morgan fingerprint density at radius 1 is 1.23 bits per heavy atom. The summed E-state index contributed by atoms with van der Waals surface area (Å²) in [6.07, 6.45) is 4.49. The molecule has 0 aromatic rings. The molecular formula is C10H19NO2. The van der Waals surface area contributed by atoms with Crippen molar-refractivity contribution in [2.45, 2.75) is 31.3 Å². The minimum absolute atomic E-state index is 0.531. The second kappa shape index (κ2) is 3.95. The first-order chi connectivity index (χ1) is 6.29. The Bertz CT molecular complexity index is 160. The van der Waals surface area contributed by atoms with Crippen molar-refractivity contribution in [1.29, 1.82) is 0 Å². The smallest absolute Gasteiger partial charge is 0.101 e. The number of aliphatic hydroxyl groups is 1. The maximum Gasteiger partial charge on any atom is 0.101 e. The Hall–Kier alpha value is -0.120. The Labute approximate surface area is 79.7 Å². The predicted molar refractivity (Wildman–Crippen MR) is 50.7 cm³/mol. The molecule has 3 heteroatoms. The minimum atomic E-state index is -0.553. The number of ether oxygens (including phenoxy) is 1. The summed E-state index contributed by atoms with van der Waals surface area (Å²) in [4.78, 5) is 2.36. The summed E-state index contributed by atoms with van der Waals surface area (Å²) in [6, 6.07) is 0. The Morgan fingerprint density at radius 2 is 2.00 bits per heavy atom. The van der Waals surface area contributed by atoms with Gasteiger partial charge in [0.05, 0.1) is 6.61 Å². The quantitative estimate of drug-likeness (QED) is 0.684. The first-order valence-corrected chi connectivity index (χ1v) is 5.31. The van der Waals surface area contributed by atoms with Crippen molar-refractivity contribution in [2.75, 3.05) is 32.8 Å². The molecule has 76 valence electrons. The molecule has 2 heterocycles. The molecule has 2 aliphatic heterocycles. The third kappa shape index (κ3) is 2.42. The van der Waals surface area contributed by atoms with Crippen LogP contribution in [-0.2, 0) is 4.74 Å². The first kappa shape index (κ1) is 9.44. The first-order valence-electron chi connectivity index (χ1n) is 5.31. The zero-order valence-electron chi connectivity index (χ0n) is 8.17. The number of hydrogen-bond acceptors (Lipinski definition) is 3. The summed E-state index contributed by atoms with van der Waals surface area (Å²) in [5.74, 6) is 0. The van der Waals surface area contributed by atoms with Gasteiger partial charge in [-0.1, -0.05) is 0 Å². The highest BCUT2D eigenvalue weighted by Gasteiger charge is 2.32. The molecule has 2 saturated heterocycles.